The van der Waals surface area contributed by atoms with Gasteiger partial charge in [0.2, 0.25) is 17.8 Å². The number of anilines is 1. The Labute approximate surface area is 183 Å². The van der Waals surface area contributed by atoms with Gasteiger partial charge in [0.1, 0.15) is 5.82 Å². The van der Waals surface area contributed by atoms with Crippen LogP contribution in [0.2, 0.25) is 0 Å². The molecular formula is C23H20N4O3S. The molecule has 1 N–H and O–H groups in total. The molecule has 0 bridgehead atoms. The molecule has 5 rings (SSSR count). The Morgan fingerprint density at radius 2 is 1.97 bits per heavy atom. The highest BCUT2D eigenvalue weighted by Crippen LogP contribution is 2.36. The van der Waals surface area contributed by atoms with Crippen LogP contribution in [0.4, 0.5) is 5.82 Å². The summed E-state index contributed by atoms with van der Waals surface area (Å²) in [6, 6.07) is 17.6. The molecule has 1 aliphatic rings. The molecule has 1 aliphatic heterocycles. The largest absolute Gasteiger partial charge is 0.454 e. The van der Waals surface area contributed by atoms with Crippen molar-refractivity contribution in [2.75, 3.05) is 12.1 Å². The van der Waals surface area contributed by atoms with Crippen molar-refractivity contribution < 1.29 is 14.3 Å². The summed E-state index contributed by atoms with van der Waals surface area (Å²) in [6.07, 6.45) is 1.08. The van der Waals surface area contributed by atoms with E-state index in [-0.39, 0.29) is 12.7 Å². The molecule has 3 heterocycles. The second kappa shape index (κ2) is 8.23. The van der Waals surface area contributed by atoms with Gasteiger partial charge in [0.25, 0.3) is 0 Å². The third-order valence-corrected chi connectivity index (χ3v) is 5.74. The number of benzene rings is 2. The number of aromatic nitrogens is 3. The number of nitrogens with one attached hydrogen (secondary N) is 1. The number of nitrogens with zero attached hydrogens (tertiary/aromatic N) is 3. The SMILES string of the molecule is Cc1cc(NC(=O)CCc2ccccc2)n(-c2nc(-c3ccc4c(c3)OCO4)cs2)n1. The minimum Gasteiger partial charge on any atom is -0.454 e. The van der Waals surface area contributed by atoms with Crippen LogP contribution in [0.15, 0.2) is 60.0 Å². The summed E-state index contributed by atoms with van der Waals surface area (Å²) in [6.45, 7) is 2.13. The van der Waals surface area contributed by atoms with Crippen LogP contribution >= 0.6 is 11.3 Å². The molecule has 0 radical (unpaired) electrons. The van der Waals surface area contributed by atoms with E-state index in [9.17, 15) is 4.79 Å². The molecule has 0 atom stereocenters. The second-order valence-corrected chi connectivity index (χ2v) is 8.04. The first-order chi connectivity index (χ1) is 15.2. The molecule has 0 aliphatic carbocycles. The summed E-state index contributed by atoms with van der Waals surface area (Å²) in [4.78, 5) is 17.2. The minimum absolute atomic E-state index is 0.0578. The van der Waals surface area contributed by atoms with Crippen LogP contribution in [0.25, 0.3) is 16.4 Å². The van der Waals surface area contributed by atoms with E-state index in [0.29, 0.717) is 29.5 Å². The molecule has 0 spiro atoms. The molecule has 8 heteroatoms. The van der Waals surface area contributed by atoms with Gasteiger partial charge in [-0.1, -0.05) is 30.3 Å². The van der Waals surface area contributed by atoms with Gasteiger partial charge in [0, 0.05) is 23.4 Å². The van der Waals surface area contributed by atoms with E-state index in [0.717, 1.165) is 28.3 Å². The number of amides is 1. The zero-order valence-corrected chi connectivity index (χ0v) is 17.7. The number of rotatable bonds is 6. The topological polar surface area (TPSA) is 78.3 Å². The van der Waals surface area contributed by atoms with E-state index in [1.807, 2.05) is 66.9 Å². The standard InChI is InChI=1S/C23H20N4O3S/c1-15-11-21(25-22(28)10-7-16-5-3-2-4-6-16)27(26-15)23-24-18(13-31-23)17-8-9-19-20(12-17)30-14-29-19/h2-6,8-9,11-13H,7,10,14H2,1H3,(H,25,28). The third kappa shape index (κ3) is 4.15. The van der Waals surface area contributed by atoms with Crippen molar-refractivity contribution >= 4 is 23.1 Å². The number of thiazole rings is 1. The maximum Gasteiger partial charge on any atom is 0.231 e. The molecule has 0 fully saturated rings. The fourth-order valence-corrected chi connectivity index (χ4v) is 4.19. The maximum atomic E-state index is 12.5. The minimum atomic E-state index is -0.0578. The summed E-state index contributed by atoms with van der Waals surface area (Å²) in [7, 11) is 0. The smallest absolute Gasteiger partial charge is 0.231 e. The van der Waals surface area contributed by atoms with Gasteiger partial charge < -0.3 is 14.8 Å². The number of carbonyl (C=O) groups excluding carboxylic acids is 1. The van der Waals surface area contributed by atoms with E-state index < -0.39 is 0 Å². The fourth-order valence-electron chi connectivity index (χ4n) is 3.39. The monoisotopic (exact) mass is 432 g/mol. The molecule has 0 saturated heterocycles. The highest BCUT2D eigenvalue weighted by atomic mass is 32.1. The molecule has 31 heavy (non-hydrogen) atoms. The first kappa shape index (κ1) is 19.3. The zero-order chi connectivity index (χ0) is 21.2. The van der Waals surface area contributed by atoms with Crippen LogP contribution in [-0.4, -0.2) is 27.5 Å². The molecule has 2 aromatic carbocycles. The third-order valence-electron chi connectivity index (χ3n) is 4.92. The zero-order valence-electron chi connectivity index (χ0n) is 16.9. The summed E-state index contributed by atoms with van der Waals surface area (Å²) in [5.74, 6) is 2.01. The highest BCUT2D eigenvalue weighted by molar-refractivity contribution is 7.12. The maximum absolute atomic E-state index is 12.5. The molecular weight excluding hydrogens is 412 g/mol. The number of aryl methyl sites for hydroxylation is 2. The van der Waals surface area contributed by atoms with E-state index in [2.05, 4.69) is 10.4 Å². The van der Waals surface area contributed by atoms with Gasteiger partial charge in [-0.2, -0.15) is 9.78 Å². The van der Waals surface area contributed by atoms with Gasteiger partial charge in [-0.05, 0) is 37.1 Å². The van der Waals surface area contributed by atoms with Gasteiger partial charge in [0.05, 0.1) is 11.4 Å². The van der Waals surface area contributed by atoms with Crippen molar-refractivity contribution in [1.29, 1.82) is 0 Å². The normalized spacial score (nSPS) is 12.2. The lowest BCUT2D eigenvalue weighted by molar-refractivity contribution is -0.116. The number of hydrogen-bond acceptors (Lipinski definition) is 6. The van der Waals surface area contributed by atoms with Crippen molar-refractivity contribution in [1.82, 2.24) is 14.8 Å². The quantitative estimate of drug-likeness (QED) is 0.482. The lowest BCUT2D eigenvalue weighted by Gasteiger charge is -2.07. The van der Waals surface area contributed by atoms with Crippen LogP contribution in [0.5, 0.6) is 11.5 Å². The lowest BCUT2D eigenvalue weighted by Crippen LogP contribution is -2.15. The number of carbonyl (C=O) groups is 1. The van der Waals surface area contributed by atoms with Crippen LogP contribution in [0.3, 0.4) is 0 Å². The Balaban J connectivity index is 1.33. The lowest BCUT2D eigenvalue weighted by atomic mass is 10.1. The van der Waals surface area contributed by atoms with Crippen LogP contribution in [-0.2, 0) is 11.2 Å². The molecule has 4 aromatic rings. The predicted molar refractivity (Wildman–Crippen MR) is 119 cm³/mol. The van der Waals surface area contributed by atoms with Crippen LogP contribution in [0.1, 0.15) is 17.7 Å². The Bertz CT molecular complexity index is 1230. The summed E-state index contributed by atoms with van der Waals surface area (Å²) in [5, 5.41) is 10.1. The first-order valence-electron chi connectivity index (χ1n) is 9.92. The van der Waals surface area contributed by atoms with Gasteiger partial charge in [-0.3, -0.25) is 4.79 Å². The van der Waals surface area contributed by atoms with Gasteiger partial charge in [-0.15, -0.1) is 11.3 Å². The average Bonchev–Trinajstić information content (AvgIpc) is 3.52. The van der Waals surface area contributed by atoms with Crippen molar-refractivity contribution in [3.63, 3.8) is 0 Å². The van der Waals surface area contributed by atoms with E-state index in [4.69, 9.17) is 14.5 Å². The average molecular weight is 433 g/mol. The Hall–Kier alpha value is -3.65. The van der Waals surface area contributed by atoms with Crippen molar-refractivity contribution in [2.24, 2.45) is 0 Å². The van der Waals surface area contributed by atoms with Gasteiger partial charge >= 0.3 is 0 Å². The van der Waals surface area contributed by atoms with Gasteiger partial charge in [0.15, 0.2) is 11.5 Å². The van der Waals surface area contributed by atoms with Crippen molar-refractivity contribution in [3.05, 3.63) is 71.2 Å². The number of fused-ring (bicyclic) bond motifs is 1. The summed E-state index contributed by atoms with van der Waals surface area (Å²) < 4.78 is 12.5. The van der Waals surface area contributed by atoms with Crippen LogP contribution in [0, 0.1) is 6.92 Å². The number of ether oxygens (including phenoxy) is 2. The van der Waals surface area contributed by atoms with E-state index in [1.54, 1.807) is 4.68 Å². The molecule has 156 valence electrons. The molecule has 0 unspecified atom stereocenters. The van der Waals surface area contributed by atoms with Crippen molar-refractivity contribution in [2.45, 2.75) is 19.8 Å². The summed E-state index contributed by atoms with van der Waals surface area (Å²) >= 11 is 1.46. The Kier molecular flexibility index (Phi) is 5.13. The molecule has 7 nitrogen and oxygen atoms in total. The van der Waals surface area contributed by atoms with Crippen LogP contribution < -0.4 is 14.8 Å². The second-order valence-electron chi connectivity index (χ2n) is 7.20. The molecule has 2 aromatic heterocycles. The summed E-state index contributed by atoms with van der Waals surface area (Å²) in [5.41, 5.74) is 3.69. The van der Waals surface area contributed by atoms with Crippen molar-refractivity contribution in [3.8, 4) is 27.9 Å². The van der Waals surface area contributed by atoms with E-state index in [1.165, 1.54) is 11.3 Å². The highest BCUT2D eigenvalue weighted by Gasteiger charge is 2.17. The number of hydrogen-bond donors (Lipinski definition) is 1. The molecule has 0 saturated carbocycles. The Morgan fingerprint density at radius 3 is 2.84 bits per heavy atom. The molecule has 1 amide bonds. The van der Waals surface area contributed by atoms with Gasteiger partial charge in [-0.25, -0.2) is 4.98 Å². The first-order valence-corrected chi connectivity index (χ1v) is 10.8. The van der Waals surface area contributed by atoms with E-state index >= 15 is 0 Å². The fraction of sp³-hybridized carbons (Fsp3) is 0.174. The Morgan fingerprint density at radius 1 is 1.13 bits per heavy atom. The predicted octanol–water partition coefficient (Wildman–Crippen LogP) is 4.60.